The van der Waals surface area contributed by atoms with Crippen molar-refractivity contribution in [3.63, 3.8) is 0 Å². The van der Waals surface area contributed by atoms with Gasteiger partial charge < -0.3 is 15.2 Å². The van der Waals surface area contributed by atoms with E-state index >= 15 is 0 Å². The number of carbonyl (C=O) groups is 1. The van der Waals surface area contributed by atoms with Crippen molar-refractivity contribution in [3.8, 4) is 5.75 Å². The van der Waals surface area contributed by atoms with Crippen LogP contribution in [0.4, 0.5) is 8.78 Å². The minimum absolute atomic E-state index is 0.0297. The number of rotatable bonds is 5. The summed E-state index contributed by atoms with van der Waals surface area (Å²) in [5.41, 5.74) is 0. The van der Waals surface area contributed by atoms with Gasteiger partial charge in [-0.3, -0.25) is 4.79 Å². The van der Waals surface area contributed by atoms with E-state index in [9.17, 15) is 13.6 Å². The summed E-state index contributed by atoms with van der Waals surface area (Å²) < 4.78 is 29.1. The normalized spacial score (nSPS) is 22.3. The molecule has 1 aromatic heterocycles. The molecule has 0 aliphatic heterocycles. The lowest BCUT2D eigenvalue weighted by Gasteiger charge is -2.27. The summed E-state index contributed by atoms with van der Waals surface area (Å²) >= 11 is 1.15. The summed E-state index contributed by atoms with van der Waals surface area (Å²) in [5, 5.41) is 12.0. The van der Waals surface area contributed by atoms with E-state index in [1.54, 1.807) is 6.92 Å². The molecule has 118 valence electrons. The van der Waals surface area contributed by atoms with E-state index in [4.69, 9.17) is 5.11 Å². The van der Waals surface area contributed by atoms with Crippen LogP contribution in [-0.4, -0.2) is 30.3 Å². The van der Waals surface area contributed by atoms with Crippen molar-refractivity contribution in [2.24, 2.45) is 5.92 Å². The Morgan fingerprint density at radius 1 is 1.48 bits per heavy atom. The second kappa shape index (κ2) is 7.17. The topological polar surface area (TPSA) is 58.6 Å². The Kier molecular flexibility index (Phi) is 5.52. The third-order valence-electron chi connectivity index (χ3n) is 3.68. The number of ether oxygens (including phenoxy) is 1. The first-order valence-corrected chi connectivity index (χ1v) is 7.78. The SMILES string of the molecule is Cc1cc(OC(F)F)c(C(=O)NC2CCC(CO)CC2)s1. The predicted molar refractivity (Wildman–Crippen MR) is 76.0 cm³/mol. The lowest BCUT2D eigenvalue weighted by Crippen LogP contribution is -2.37. The molecule has 1 fully saturated rings. The number of alkyl halides is 2. The van der Waals surface area contributed by atoms with Gasteiger partial charge in [-0.25, -0.2) is 0 Å². The molecule has 1 aromatic rings. The van der Waals surface area contributed by atoms with Crippen LogP contribution in [0.25, 0.3) is 0 Å². The molecular formula is C14H19F2NO3S. The van der Waals surface area contributed by atoms with E-state index in [1.165, 1.54) is 6.07 Å². The van der Waals surface area contributed by atoms with Gasteiger partial charge in [-0.2, -0.15) is 8.78 Å². The molecule has 0 unspecified atom stereocenters. The zero-order valence-electron chi connectivity index (χ0n) is 11.8. The number of hydrogen-bond acceptors (Lipinski definition) is 4. The van der Waals surface area contributed by atoms with E-state index in [0.29, 0.717) is 5.92 Å². The van der Waals surface area contributed by atoms with Crippen LogP contribution in [0, 0.1) is 12.8 Å². The fraction of sp³-hybridized carbons (Fsp3) is 0.643. The van der Waals surface area contributed by atoms with Gasteiger partial charge in [0.15, 0.2) is 0 Å². The highest BCUT2D eigenvalue weighted by Crippen LogP contribution is 2.31. The molecule has 1 aliphatic rings. The Morgan fingerprint density at radius 3 is 2.71 bits per heavy atom. The van der Waals surface area contributed by atoms with Gasteiger partial charge in [-0.15, -0.1) is 11.3 Å². The van der Waals surface area contributed by atoms with Crippen molar-refractivity contribution in [2.75, 3.05) is 6.61 Å². The number of carbonyl (C=O) groups excluding carboxylic acids is 1. The maximum absolute atomic E-state index is 12.3. The summed E-state index contributed by atoms with van der Waals surface area (Å²) in [5.74, 6) is -0.120. The number of aliphatic hydroxyl groups is 1. The average Bonchev–Trinajstić information content (AvgIpc) is 2.79. The van der Waals surface area contributed by atoms with Crippen molar-refractivity contribution in [1.29, 1.82) is 0 Å². The molecule has 0 bridgehead atoms. The zero-order chi connectivity index (χ0) is 15.4. The van der Waals surface area contributed by atoms with E-state index in [1.807, 2.05) is 0 Å². The Labute approximate surface area is 126 Å². The van der Waals surface area contributed by atoms with Crippen molar-refractivity contribution in [3.05, 3.63) is 15.8 Å². The molecule has 0 spiro atoms. The van der Waals surface area contributed by atoms with Gasteiger partial charge in [0, 0.05) is 17.5 Å². The number of aliphatic hydroxyl groups excluding tert-OH is 1. The molecule has 2 rings (SSSR count). The van der Waals surface area contributed by atoms with Crippen LogP contribution in [0.1, 0.15) is 40.2 Å². The largest absolute Gasteiger partial charge is 0.433 e. The van der Waals surface area contributed by atoms with Crippen molar-refractivity contribution >= 4 is 17.2 Å². The predicted octanol–water partition coefficient (Wildman–Crippen LogP) is 2.94. The summed E-state index contributed by atoms with van der Waals surface area (Å²) in [6.07, 6.45) is 3.33. The second-order valence-corrected chi connectivity index (χ2v) is 6.56. The summed E-state index contributed by atoms with van der Waals surface area (Å²) in [7, 11) is 0. The third-order valence-corrected chi connectivity index (χ3v) is 4.71. The number of halogens is 2. The number of thiophene rings is 1. The van der Waals surface area contributed by atoms with Crippen LogP contribution in [0.5, 0.6) is 5.75 Å². The van der Waals surface area contributed by atoms with Gasteiger partial charge in [-0.1, -0.05) is 0 Å². The standard InChI is InChI=1S/C14H19F2NO3S/c1-8-6-11(20-14(15)16)12(21-8)13(19)17-10-4-2-9(7-18)3-5-10/h6,9-10,14,18H,2-5,7H2,1H3,(H,17,19). The molecule has 0 radical (unpaired) electrons. The fourth-order valence-electron chi connectivity index (χ4n) is 2.57. The van der Waals surface area contributed by atoms with Gasteiger partial charge in [0.1, 0.15) is 10.6 Å². The van der Waals surface area contributed by atoms with Crippen LogP contribution in [0.3, 0.4) is 0 Å². The molecule has 7 heteroatoms. The summed E-state index contributed by atoms with van der Waals surface area (Å²) in [6, 6.07) is 1.48. The van der Waals surface area contributed by atoms with Gasteiger partial charge in [-0.05, 0) is 44.6 Å². The Balaban J connectivity index is 1.97. The van der Waals surface area contributed by atoms with Crippen LogP contribution in [-0.2, 0) is 0 Å². The molecule has 0 saturated heterocycles. The molecule has 1 heterocycles. The minimum Gasteiger partial charge on any atom is -0.433 e. The van der Waals surface area contributed by atoms with Crippen molar-refractivity contribution in [1.82, 2.24) is 5.32 Å². The van der Waals surface area contributed by atoms with E-state index in [2.05, 4.69) is 10.1 Å². The van der Waals surface area contributed by atoms with Crippen LogP contribution < -0.4 is 10.1 Å². The smallest absolute Gasteiger partial charge is 0.387 e. The number of amides is 1. The second-order valence-electron chi connectivity index (χ2n) is 5.30. The van der Waals surface area contributed by atoms with E-state index in [0.717, 1.165) is 41.9 Å². The molecule has 1 aliphatic carbocycles. The Bertz CT molecular complexity index is 485. The monoisotopic (exact) mass is 319 g/mol. The minimum atomic E-state index is -2.94. The number of aryl methyl sites for hydroxylation is 1. The molecular weight excluding hydrogens is 300 g/mol. The number of hydrogen-bond donors (Lipinski definition) is 2. The summed E-state index contributed by atoms with van der Waals surface area (Å²) in [4.78, 5) is 13.1. The maximum atomic E-state index is 12.3. The van der Waals surface area contributed by atoms with E-state index < -0.39 is 6.61 Å². The Morgan fingerprint density at radius 2 is 2.14 bits per heavy atom. The molecule has 1 saturated carbocycles. The van der Waals surface area contributed by atoms with Gasteiger partial charge in [0.2, 0.25) is 0 Å². The van der Waals surface area contributed by atoms with Crippen molar-refractivity contribution in [2.45, 2.75) is 45.3 Å². The lowest BCUT2D eigenvalue weighted by molar-refractivity contribution is -0.0498. The molecule has 21 heavy (non-hydrogen) atoms. The molecule has 2 N–H and O–H groups in total. The molecule has 0 aromatic carbocycles. The zero-order valence-corrected chi connectivity index (χ0v) is 12.6. The van der Waals surface area contributed by atoms with Gasteiger partial charge in [0.05, 0.1) is 0 Å². The van der Waals surface area contributed by atoms with Crippen molar-refractivity contribution < 1.29 is 23.4 Å². The molecule has 0 atom stereocenters. The highest BCUT2D eigenvalue weighted by Gasteiger charge is 2.25. The molecule has 1 amide bonds. The van der Waals surface area contributed by atoms with Crippen LogP contribution in [0.2, 0.25) is 0 Å². The highest BCUT2D eigenvalue weighted by molar-refractivity contribution is 7.14. The van der Waals surface area contributed by atoms with E-state index in [-0.39, 0.29) is 29.2 Å². The average molecular weight is 319 g/mol. The maximum Gasteiger partial charge on any atom is 0.387 e. The van der Waals surface area contributed by atoms with Crippen LogP contribution in [0.15, 0.2) is 6.07 Å². The summed E-state index contributed by atoms with van der Waals surface area (Å²) in [6.45, 7) is -1.02. The fourth-order valence-corrected chi connectivity index (χ4v) is 3.42. The van der Waals surface area contributed by atoms with Gasteiger partial charge in [0.25, 0.3) is 5.91 Å². The lowest BCUT2D eigenvalue weighted by atomic mass is 9.86. The first-order valence-electron chi connectivity index (χ1n) is 6.96. The van der Waals surface area contributed by atoms with Gasteiger partial charge >= 0.3 is 6.61 Å². The highest BCUT2D eigenvalue weighted by atomic mass is 32.1. The first-order chi connectivity index (χ1) is 9.99. The third kappa shape index (κ3) is 4.38. The van der Waals surface area contributed by atoms with Crippen LogP contribution >= 0.6 is 11.3 Å². The quantitative estimate of drug-likeness (QED) is 0.877. The Hall–Kier alpha value is -1.21. The molecule has 4 nitrogen and oxygen atoms in total. The first kappa shape index (κ1) is 16.2. The number of nitrogens with one attached hydrogen (secondary N) is 1.